The number of para-hydroxylation sites is 2. The highest BCUT2D eigenvalue weighted by atomic mass is 32.2. The zero-order valence-corrected chi connectivity index (χ0v) is 13.8. The minimum absolute atomic E-state index is 0.161. The first-order chi connectivity index (χ1) is 11.0. The van der Waals surface area contributed by atoms with Crippen molar-refractivity contribution < 1.29 is 9.53 Å². The Bertz CT molecular complexity index is 675. The number of aromatic nitrogens is 2. The molecule has 0 aliphatic heterocycles. The van der Waals surface area contributed by atoms with E-state index >= 15 is 0 Å². The van der Waals surface area contributed by atoms with Crippen molar-refractivity contribution in [2.45, 2.75) is 23.8 Å². The first-order valence-corrected chi connectivity index (χ1v) is 7.92. The predicted octanol–water partition coefficient (Wildman–Crippen LogP) is 2.16. The van der Waals surface area contributed by atoms with Crippen LogP contribution in [0, 0.1) is 0 Å². The molecule has 8 heteroatoms. The van der Waals surface area contributed by atoms with Crippen LogP contribution >= 0.6 is 11.8 Å². The highest BCUT2D eigenvalue weighted by Gasteiger charge is 2.21. The standard InChI is InChI=1S/C15H19N5O2S/c1-3-11(23-15-19-12(16)8-13(17)20-15)14(21)18-9-6-4-5-7-10(9)22-2/h4-8,11H,3H2,1-2H3,(H,18,21)(H4,16,17,19,20). The van der Waals surface area contributed by atoms with Crippen LogP contribution in [0.4, 0.5) is 17.3 Å². The minimum Gasteiger partial charge on any atom is -0.495 e. The van der Waals surface area contributed by atoms with Crippen LogP contribution in [0.2, 0.25) is 0 Å². The summed E-state index contributed by atoms with van der Waals surface area (Å²) < 4.78 is 5.23. The lowest BCUT2D eigenvalue weighted by Crippen LogP contribution is -2.25. The molecule has 0 saturated carbocycles. The van der Waals surface area contributed by atoms with Crippen LogP contribution in [0.25, 0.3) is 0 Å². The van der Waals surface area contributed by atoms with E-state index in [2.05, 4.69) is 15.3 Å². The van der Waals surface area contributed by atoms with E-state index < -0.39 is 0 Å². The second kappa shape index (κ2) is 7.68. The zero-order valence-electron chi connectivity index (χ0n) is 12.9. The highest BCUT2D eigenvalue weighted by molar-refractivity contribution is 8.00. The van der Waals surface area contributed by atoms with Crippen LogP contribution in [0.5, 0.6) is 5.75 Å². The van der Waals surface area contributed by atoms with Crippen molar-refractivity contribution in [1.29, 1.82) is 0 Å². The maximum absolute atomic E-state index is 12.5. The molecule has 1 amide bonds. The van der Waals surface area contributed by atoms with Crippen LogP contribution in [0.1, 0.15) is 13.3 Å². The molecule has 122 valence electrons. The number of methoxy groups -OCH3 is 1. The lowest BCUT2D eigenvalue weighted by atomic mass is 10.2. The number of amides is 1. The summed E-state index contributed by atoms with van der Waals surface area (Å²) in [6.45, 7) is 1.91. The van der Waals surface area contributed by atoms with E-state index in [0.29, 0.717) is 23.0 Å². The van der Waals surface area contributed by atoms with Gasteiger partial charge in [-0.15, -0.1) is 0 Å². The monoisotopic (exact) mass is 333 g/mol. The van der Waals surface area contributed by atoms with E-state index in [0.717, 1.165) is 0 Å². The Labute approximate surface area is 138 Å². The number of hydrogen-bond acceptors (Lipinski definition) is 7. The molecule has 1 aromatic carbocycles. The summed E-state index contributed by atoms with van der Waals surface area (Å²) in [5, 5.41) is 2.86. The van der Waals surface area contributed by atoms with Gasteiger partial charge in [-0.25, -0.2) is 9.97 Å². The van der Waals surface area contributed by atoms with E-state index in [1.807, 2.05) is 19.1 Å². The summed E-state index contributed by atoms with van der Waals surface area (Å²) in [6.07, 6.45) is 0.601. The van der Waals surface area contributed by atoms with Crippen molar-refractivity contribution in [3.05, 3.63) is 30.3 Å². The number of nitrogens with two attached hydrogens (primary N) is 2. The normalized spacial score (nSPS) is 11.7. The number of rotatable bonds is 6. The maximum Gasteiger partial charge on any atom is 0.238 e. The van der Waals surface area contributed by atoms with E-state index in [9.17, 15) is 4.79 Å². The van der Waals surface area contributed by atoms with Crippen molar-refractivity contribution in [3.8, 4) is 5.75 Å². The molecule has 0 fully saturated rings. The summed E-state index contributed by atoms with van der Waals surface area (Å²) in [4.78, 5) is 20.7. The highest BCUT2D eigenvalue weighted by Crippen LogP contribution is 2.27. The molecule has 2 rings (SSSR count). The Morgan fingerprint density at radius 1 is 1.30 bits per heavy atom. The lowest BCUT2D eigenvalue weighted by molar-refractivity contribution is -0.115. The van der Waals surface area contributed by atoms with Gasteiger partial charge in [-0.2, -0.15) is 0 Å². The quantitative estimate of drug-likeness (QED) is 0.548. The van der Waals surface area contributed by atoms with Crippen molar-refractivity contribution >= 4 is 35.0 Å². The minimum atomic E-state index is -0.374. The molecule has 1 heterocycles. The van der Waals surface area contributed by atoms with Gasteiger partial charge in [0.1, 0.15) is 17.4 Å². The van der Waals surface area contributed by atoms with Crippen molar-refractivity contribution in [3.63, 3.8) is 0 Å². The number of thioether (sulfide) groups is 1. The molecular weight excluding hydrogens is 314 g/mol. The number of carbonyl (C=O) groups excluding carboxylic acids is 1. The molecular formula is C15H19N5O2S. The van der Waals surface area contributed by atoms with E-state index in [-0.39, 0.29) is 22.8 Å². The Morgan fingerprint density at radius 2 is 1.96 bits per heavy atom. The fourth-order valence-electron chi connectivity index (χ4n) is 1.93. The van der Waals surface area contributed by atoms with Gasteiger partial charge in [0.15, 0.2) is 5.16 Å². The molecule has 1 unspecified atom stereocenters. The average molecular weight is 333 g/mol. The van der Waals surface area contributed by atoms with Crippen LogP contribution in [0.15, 0.2) is 35.5 Å². The summed E-state index contributed by atoms with van der Waals surface area (Å²) in [5.41, 5.74) is 11.9. The molecule has 0 radical (unpaired) electrons. The Balaban J connectivity index is 2.12. The summed E-state index contributed by atoms with van der Waals surface area (Å²) in [7, 11) is 1.56. The lowest BCUT2D eigenvalue weighted by Gasteiger charge is -2.15. The zero-order chi connectivity index (χ0) is 16.8. The summed E-state index contributed by atoms with van der Waals surface area (Å²) in [6, 6.07) is 8.70. The Hall–Kier alpha value is -2.48. The first-order valence-electron chi connectivity index (χ1n) is 7.04. The smallest absolute Gasteiger partial charge is 0.238 e. The second-order valence-electron chi connectivity index (χ2n) is 4.70. The third-order valence-electron chi connectivity index (χ3n) is 3.02. The number of ether oxygens (including phenoxy) is 1. The van der Waals surface area contributed by atoms with E-state index in [4.69, 9.17) is 16.2 Å². The summed E-state index contributed by atoms with van der Waals surface area (Å²) in [5.74, 6) is 0.997. The fourth-order valence-corrected chi connectivity index (χ4v) is 2.83. The number of nitrogens with one attached hydrogen (secondary N) is 1. The molecule has 0 aliphatic rings. The maximum atomic E-state index is 12.5. The predicted molar refractivity (Wildman–Crippen MR) is 92.4 cm³/mol. The second-order valence-corrected chi connectivity index (χ2v) is 5.87. The van der Waals surface area contributed by atoms with Gasteiger partial charge >= 0.3 is 0 Å². The van der Waals surface area contributed by atoms with E-state index in [1.54, 1.807) is 19.2 Å². The fraction of sp³-hybridized carbons (Fsp3) is 0.267. The number of nitrogens with zero attached hydrogens (tertiary/aromatic N) is 2. The van der Waals surface area contributed by atoms with Gasteiger partial charge in [0.2, 0.25) is 5.91 Å². The van der Waals surface area contributed by atoms with Crippen molar-refractivity contribution in [2.24, 2.45) is 0 Å². The van der Waals surface area contributed by atoms with Gasteiger partial charge in [-0.1, -0.05) is 30.8 Å². The number of carbonyl (C=O) groups is 1. The molecule has 1 atom stereocenters. The number of hydrogen-bond donors (Lipinski definition) is 3. The summed E-state index contributed by atoms with van der Waals surface area (Å²) >= 11 is 1.22. The molecule has 23 heavy (non-hydrogen) atoms. The van der Waals surface area contributed by atoms with Crippen LogP contribution in [-0.4, -0.2) is 28.2 Å². The molecule has 2 aromatic rings. The molecule has 7 nitrogen and oxygen atoms in total. The topological polar surface area (TPSA) is 116 Å². The van der Waals surface area contributed by atoms with Crippen molar-refractivity contribution in [1.82, 2.24) is 9.97 Å². The van der Waals surface area contributed by atoms with Crippen molar-refractivity contribution in [2.75, 3.05) is 23.9 Å². The molecule has 0 aliphatic carbocycles. The van der Waals surface area contributed by atoms with Gasteiger partial charge < -0.3 is 21.5 Å². The third-order valence-corrected chi connectivity index (χ3v) is 4.25. The largest absolute Gasteiger partial charge is 0.495 e. The van der Waals surface area contributed by atoms with Gasteiger partial charge in [-0.3, -0.25) is 4.79 Å². The first kappa shape index (κ1) is 16.9. The Kier molecular flexibility index (Phi) is 5.64. The molecule has 5 N–H and O–H groups in total. The van der Waals surface area contributed by atoms with Gasteiger partial charge in [0, 0.05) is 6.07 Å². The number of benzene rings is 1. The Morgan fingerprint density at radius 3 is 2.57 bits per heavy atom. The molecule has 0 spiro atoms. The van der Waals surface area contributed by atoms with Crippen LogP contribution < -0.4 is 21.5 Å². The SMILES string of the molecule is CCC(Sc1nc(N)cc(N)n1)C(=O)Nc1ccccc1OC. The van der Waals surface area contributed by atoms with E-state index in [1.165, 1.54) is 17.8 Å². The molecule has 0 bridgehead atoms. The van der Waals surface area contributed by atoms with Gasteiger partial charge in [0.05, 0.1) is 18.0 Å². The number of nitrogen functional groups attached to an aromatic ring is 2. The third kappa shape index (κ3) is 4.49. The average Bonchev–Trinajstić information content (AvgIpc) is 2.52. The molecule has 0 saturated heterocycles. The molecule has 1 aromatic heterocycles. The number of anilines is 3. The van der Waals surface area contributed by atoms with Gasteiger partial charge in [0.25, 0.3) is 0 Å². The van der Waals surface area contributed by atoms with Crippen LogP contribution in [-0.2, 0) is 4.79 Å². The van der Waals surface area contributed by atoms with Gasteiger partial charge in [-0.05, 0) is 18.6 Å². The van der Waals surface area contributed by atoms with Crippen LogP contribution in [0.3, 0.4) is 0 Å².